The van der Waals surface area contributed by atoms with Crippen LogP contribution in [0.1, 0.15) is 64.7 Å². The fourth-order valence-electron chi connectivity index (χ4n) is 3.68. The monoisotopic (exact) mass is 209 g/mol. The third-order valence-corrected chi connectivity index (χ3v) is 4.72. The Balaban J connectivity index is 1.85. The molecular formula is C14H27N. The lowest BCUT2D eigenvalue weighted by molar-refractivity contribution is 0.281. The van der Waals surface area contributed by atoms with Gasteiger partial charge in [-0.1, -0.05) is 39.0 Å². The summed E-state index contributed by atoms with van der Waals surface area (Å²) in [6.07, 6.45) is 12.8. The SMILES string of the molecule is CC1CCC(C(N)C2CCCCCC2)C1. The maximum absolute atomic E-state index is 6.49. The second kappa shape index (κ2) is 5.34. The molecule has 2 N–H and O–H groups in total. The van der Waals surface area contributed by atoms with Crippen LogP contribution in [-0.4, -0.2) is 6.04 Å². The second-order valence-corrected chi connectivity index (χ2v) is 6.01. The van der Waals surface area contributed by atoms with E-state index in [1.807, 2.05) is 0 Å². The summed E-state index contributed by atoms with van der Waals surface area (Å²) in [6.45, 7) is 2.39. The van der Waals surface area contributed by atoms with Gasteiger partial charge in [0.1, 0.15) is 0 Å². The molecule has 2 rings (SSSR count). The highest BCUT2D eigenvalue weighted by Gasteiger charge is 2.31. The van der Waals surface area contributed by atoms with E-state index in [2.05, 4.69) is 6.92 Å². The van der Waals surface area contributed by atoms with Crippen LogP contribution in [0.2, 0.25) is 0 Å². The Morgan fingerprint density at radius 3 is 2.07 bits per heavy atom. The maximum atomic E-state index is 6.49. The van der Waals surface area contributed by atoms with Gasteiger partial charge in [-0.05, 0) is 43.4 Å². The minimum Gasteiger partial charge on any atom is -0.327 e. The maximum Gasteiger partial charge on any atom is 0.00957 e. The van der Waals surface area contributed by atoms with Crippen LogP contribution >= 0.6 is 0 Å². The molecule has 2 saturated carbocycles. The summed E-state index contributed by atoms with van der Waals surface area (Å²) >= 11 is 0. The molecule has 15 heavy (non-hydrogen) atoms. The van der Waals surface area contributed by atoms with E-state index in [1.165, 1.54) is 57.8 Å². The first-order valence-corrected chi connectivity index (χ1v) is 7.03. The molecule has 2 fully saturated rings. The van der Waals surface area contributed by atoms with Gasteiger partial charge in [-0.25, -0.2) is 0 Å². The van der Waals surface area contributed by atoms with Crippen molar-refractivity contribution >= 4 is 0 Å². The van der Waals surface area contributed by atoms with Crippen LogP contribution < -0.4 is 5.73 Å². The van der Waals surface area contributed by atoms with Crippen molar-refractivity contribution in [3.63, 3.8) is 0 Å². The van der Waals surface area contributed by atoms with Gasteiger partial charge in [-0.3, -0.25) is 0 Å². The lowest BCUT2D eigenvalue weighted by Crippen LogP contribution is -2.36. The fourth-order valence-corrected chi connectivity index (χ4v) is 3.68. The van der Waals surface area contributed by atoms with Crippen molar-refractivity contribution in [2.24, 2.45) is 23.5 Å². The quantitative estimate of drug-likeness (QED) is 0.689. The number of rotatable bonds is 2. The van der Waals surface area contributed by atoms with Gasteiger partial charge >= 0.3 is 0 Å². The van der Waals surface area contributed by atoms with Crippen molar-refractivity contribution < 1.29 is 0 Å². The molecule has 1 heteroatoms. The molecule has 0 aromatic rings. The van der Waals surface area contributed by atoms with E-state index in [1.54, 1.807) is 0 Å². The summed E-state index contributed by atoms with van der Waals surface area (Å²) in [7, 11) is 0. The topological polar surface area (TPSA) is 26.0 Å². The Kier molecular flexibility index (Phi) is 4.07. The molecule has 2 aliphatic rings. The average Bonchev–Trinajstić information content (AvgIpc) is 2.53. The first-order valence-electron chi connectivity index (χ1n) is 7.03. The van der Waals surface area contributed by atoms with Crippen molar-refractivity contribution in [1.82, 2.24) is 0 Å². The van der Waals surface area contributed by atoms with Crippen LogP contribution in [0.5, 0.6) is 0 Å². The molecule has 0 aromatic carbocycles. The van der Waals surface area contributed by atoms with Crippen LogP contribution in [-0.2, 0) is 0 Å². The highest BCUT2D eigenvalue weighted by Crippen LogP contribution is 2.37. The van der Waals surface area contributed by atoms with E-state index in [-0.39, 0.29) is 0 Å². The van der Waals surface area contributed by atoms with E-state index >= 15 is 0 Å². The number of nitrogens with two attached hydrogens (primary N) is 1. The Morgan fingerprint density at radius 1 is 0.867 bits per heavy atom. The zero-order chi connectivity index (χ0) is 10.7. The Labute approximate surface area is 94.8 Å². The molecule has 3 unspecified atom stereocenters. The van der Waals surface area contributed by atoms with Crippen molar-refractivity contribution in [2.75, 3.05) is 0 Å². The van der Waals surface area contributed by atoms with Gasteiger partial charge in [0.2, 0.25) is 0 Å². The largest absolute Gasteiger partial charge is 0.327 e. The number of hydrogen-bond donors (Lipinski definition) is 1. The third-order valence-electron chi connectivity index (χ3n) is 4.72. The highest BCUT2D eigenvalue weighted by molar-refractivity contribution is 4.86. The van der Waals surface area contributed by atoms with Crippen LogP contribution in [0.3, 0.4) is 0 Å². The first kappa shape index (κ1) is 11.4. The van der Waals surface area contributed by atoms with Gasteiger partial charge in [0, 0.05) is 6.04 Å². The van der Waals surface area contributed by atoms with E-state index in [9.17, 15) is 0 Å². The molecule has 0 saturated heterocycles. The summed E-state index contributed by atoms with van der Waals surface area (Å²) in [5.74, 6) is 2.64. The van der Waals surface area contributed by atoms with Crippen LogP contribution in [0.25, 0.3) is 0 Å². The third kappa shape index (κ3) is 2.96. The van der Waals surface area contributed by atoms with Gasteiger partial charge in [0.15, 0.2) is 0 Å². The zero-order valence-electron chi connectivity index (χ0n) is 10.3. The van der Waals surface area contributed by atoms with Gasteiger partial charge in [-0.2, -0.15) is 0 Å². The zero-order valence-corrected chi connectivity index (χ0v) is 10.3. The van der Waals surface area contributed by atoms with Gasteiger partial charge in [0.05, 0.1) is 0 Å². The van der Waals surface area contributed by atoms with Gasteiger partial charge < -0.3 is 5.73 Å². The fraction of sp³-hybridized carbons (Fsp3) is 1.00. The Morgan fingerprint density at radius 2 is 1.53 bits per heavy atom. The van der Waals surface area contributed by atoms with Crippen molar-refractivity contribution in [3.05, 3.63) is 0 Å². The molecule has 0 heterocycles. The predicted molar refractivity (Wildman–Crippen MR) is 65.7 cm³/mol. The number of hydrogen-bond acceptors (Lipinski definition) is 1. The highest BCUT2D eigenvalue weighted by atomic mass is 14.7. The van der Waals surface area contributed by atoms with Crippen LogP contribution in [0.15, 0.2) is 0 Å². The molecule has 88 valence electrons. The predicted octanol–water partition coefficient (Wildman–Crippen LogP) is 3.72. The molecule has 3 atom stereocenters. The normalized spacial score (nSPS) is 36.4. The van der Waals surface area contributed by atoms with Crippen molar-refractivity contribution in [2.45, 2.75) is 70.8 Å². The molecule has 0 aliphatic heterocycles. The minimum absolute atomic E-state index is 0.521. The van der Waals surface area contributed by atoms with Gasteiger partial charge in [-0.15, -0.1) is 0 Å². The minimum atomic E-state index is 0.521. The lowest BCUT2D eigenvalue weighted by atomic mass is 9.83. The van der Waals surface area contributed by atoms with E-state index in [0.29, 0.717) is 6.04 Å². The molecule has 0 amide bonds. The average molecular weight is 209 g/mol. The molecular weight excluding hydrogens is 182 g/mol. The lowest BCUT2D eigenvalue weighted by Gasteiger charge is -2.27. The van der Waals surface area contributed by atoms with E-state index in [0.717, 1.165) is 17.8 Å². The van der Waals surface area contributed by atoms with E-state index in [4.69, 9.17) is 5.73 Å². The summed E-state index contributed by atoms with van der Waals surface area (Å²) in [6, 6.07) is 0.521. The van der Waals surface area contributed by atoms with Crippen LogP contribution in [0.4, 0.5) is 0 Å². The van der Waals surface area contributed by atoms with Crippen LogP contribution in [0, 0.1) is 17.8 Å². The van der Waals surface area contributed by atoms with Gasteiger partial charge in [0.25, 0.3) is 0 Å². The summed E-state index contributed by atoms with van der Waals surface area (Å²) in [5.41, 5.74) is 6.49. The Hall–Kier alpha value is -0.0400. The smallest absolute Gasteiger partial charge is 0.00957 e. The summed E-state index contributed by atoms with van der Waals surface area (Å²) < 4.78 is 0. The first-order chi connectivity index (χ1) is 7.27. The summed E-state index contributed by atoms with van der Waals surface area (Å²) in [4.78, 5) is 0. The molecule has 0 radical (unpaired) electrons. The van der Waals surface area contributed by atoms with Crippen molar-refractivity contribution in [3.8, 4) is 0 Å². The van der Waals surface area contributed by atoms with Crippen molar-refractivity contribution in [1.29, 1.82) is 0 Å². The second-order valence-electron chi connectivity index (χ2n) is 6.01. The Bertz CT molecular complexity index is 182. The standard InChI is InChI=1S/C14H27N/c1-11-8-9-13(10-11)14(15)12-6-4-2-3-5-7-12/h11-14H,2-10,15H2,1H3. The molecule has 0 spiro atoms. The molecule has 0 aromatic heterocycles. The summed E-state index contributed by atoms with van der Waals surface area (Å²) in [5, 5.41) is 0. The van der Waals surface area contributed by atoms with E-state index < -0.39 is 0 Å². The molecule has 0 bridgehead atoms. The molecule has 1 nitrogen and oxygen atoms in total. The molecule has 2 aliphatic carbocycles.